The van der Waals surface area contributed by atoms with Crippen molar-refractivity contribution in [2.45, 2.75) is 79.7 Å². The lowest BCUT2D eigenvalue weighted by Gasteiger charge is -2.44. The molecule has 0 unspecified atom stereocenters. The minimum absolute atomic E-state index is 0.0397. The van der Waals surface area contributed by atoms with Gasteiger partial charge in [-0.3, -0.25) is 0 Å². The van der Waals surface area contributed by atoms with Crippen molar-refractivity contribution in [1.29, 1.82) is 0 Å². The van der Waals surface area contributed by atoms with E-state index in [4.69, 9.17) is 18.9 Å². The Bertz CT molecular complexity index is 1500. The van der Waals surface area contributed by atoms with Gasteiger partial charge in [0.05, 0.1) is 60.3 Å². The van der Waals surface area contributed by atoms with Crippen LogP contribution in [-0.2, 0) is 0 Å². The summed E-state index contributed by atoms with van der Waals surface area (Å²) < 4.78 is 24.2. The van der Waals surface area contributed by atoms with Crippen molar-refractivity contribution in [3.05, 3.63) is 72.8 Å². The molecule has 0 aliphatic carbocycles. The number of fused-ring (bicyclic) bond motifs is 2. The highest BCUT2D eigenvalue weighted by Gasteiger charge is 2.33. The van der Waals surface area contributed by atoms with Crippen LogP contribution in [0.5, 0.6) is 23.0 Å². The quantitative estimate of drug-likeness (QED) is 0.182. The van der Waals surface area contributed by atoms with Gasteiger partial charge in [-0.15, -0.1) is 0 Å². The minimum atomic E-state index is 0.0397. The Morgan fingerprint density at radius 3 is 1.14 bits per heavy atom. The highest BCUT2D eigenvalue weighted by molar-refractivity contribution is 5.98. The van der Waals surface area contributed by atoms with E-state index in [0.717, 1.165) is 68.0 Å². The number of hydrogen-bond donors (Lipinski definition) is 0. The van der Waals surface area contributed by atoms with E-state index in [-0.39, 0.29) is 24.3 Å². The monoisotopic (exact) mass is 594 g/mol. The maximum absolute atomic E-state index is 6.26. The normalized spacial score (nSPS) is 12.6. The first-order chi connectivity index (χ1) is 21.0. The van der Waals surface area contributed by atoms with Crippen molar-refractivity contribution in [2.75, 3.05) is 24.0 Å². The van der Waals surface area contributed by atoms with Crippen molar-refractivity contribution in [3.63, 3.8) is 0 Å². The zero-order valence-electron chi connectivity index (χ0n) is 27.8. The lowest BCUT2D eigenvalue weighted by molar-refractivity contribution is 0.242. The largest absolute Gasteiger partial charge is 0.496 e. The highest BCUT2D eigenvalue weighted by Crippen LogP contribution is 2.53. The summed E-state index contributed by atoms with van der Waals surface area (Å²) in [4.78, 5) is 4.87. The van der Waals surface area contributed by atoms with Crippen LogP contribution in [0.2, 0.25) is 0 Å². The number of anilines is 4. The fourth-order valence-corrected chi connectivity index (χ4v) is 6.16. The molecule has 0 fully saturated rings. The van der Waals surface area contributed by atoms with Crippen LogP contribution < -0.4 is 28.7 Å². The Hall–Kier alpha value is -4.32. The highest BCUT2D eigenvalue weighted by atomic mass is 16.5. The molecule has 0 atom stereocenters. The van der Waals surface area contributed by atoms with Gasteiger partial charge < -0.3 is 28.7 Å². The van der Waals surface area contributed by atoms with E-state index in [2.05, 4.69) is 73.9 Å². The topological polar surface area (TPSA) is 43.4 Å². The predicted molar refractivity (Wildman–Crippen MR) is 183 cm³/mol. The van der Waals surface area contributed by atoms with E-state index in [1.165, 1.54) is 0 Å². The molecule has 0 saturated heterocycles. The van der Waals surface area contributed by atoms with Crippen molar-refractivity contribution in [1.82, 2.24) is 0 Å². The molecule has 0 N–H and O–H groups in total. The standard InChI is InChI=1S/C38H46N2O4/c1-23(2)39-29-19-17-28(38-34(42-10)14-12-16-36(38)44-26(7)8)22-32(29)40(24(3)4)30-20-18-27(21-31(30)39)37-33(41-9)13-11-15-35(37)43-25(5)6/h11-26H,1-10H3. The average Bonchev–Trinajstić information content (AvgIpc) is 2.98. The number of benzene rings is 4. The first-order valence-corrected chi connectivity index (χ1v) is 15.6. The molecule has 1 aliphatic heterocycles. The second kappa shape index (κ2) is 12.7. The lowest BCUT2D eigenvalue weighted by Crippen LogP contribution is -2.36. The maximum Gasteiger partial charge on any atom is 0.131 e. The zero-order valence-corrected chi connectivity index (χ0v) is 27.8. The van der Waals surface area contributed by atoms with Gasteiger partial charge in [0.1, 0.15) is 23.0 Å². The van der Waals surface area contributed by atoms with Gasteiger partial charge in [-0.2, -0.15) is 0 Å². The molecule has 0 saturated carbocycles. The second-order valence-corrected chi connectivity index (χ2v) is 12.3. The number of rotatable bonds is 10. The molecular formula is C38H46N2O4. The second-order valence-electron chi connectivity index (χ2n) is 12.3. The van der Waals surface area contributed by atoms with E-state index < -0.39 is 0 Å². The number of nitrogens with zero attached hydrogens (tertiary/aromatic N) is 2. The summed E-state index contributed by atoms with van der Waals surface area (Å²) in [5.74, 6) is 3.20. The van der Waals surface area contributed by atoms with Crippen LogP contribution in [0, 0.1) is 0 Å². The molecule has 6 nitrogen and oxygen atoms in total. The Morgan fingerprint density at radius 2 is 0.818 bits per heavy atom. The van der Waals surface area contributed by atoms with Gasteiger partial charge in [-0.05, 0) is 115 Å². The van der Waals surface area contributed by atoms with Gasteiger partial charge in [0, 0.05) is 12.1 Å². The van der Waals surface area contributed by atoms with E-state index in [9.17, 15) is 0 Å². The van der Waals surface area contributed by atoms with Crippen LogP contribution >= 0.6 is 0 Å². The van der Waals surface area contributed by atoms with Crippen LogP contribution in [0.4, 0.5) is 22.7 Å². The molecule has 6 heteroatoms. The third-order valence-corrected chi connectivity index (χ3v) is 7.74. The zero-order chi connectivity index (χ0) is 31.7. The third-order valence-electron chi connectivity index (χ3n) is 7.74. The molecule has 44 heavy (non-hydrogen) atoms. The Kier molecular flexibility index (Phi) is 9.00. The minimum Gasteiger partial charge on any atom is -0.496 e. The molecule has 0 radical (unpaired) electrons. The summed E-state index contributed by atoms with van der Waals surface area (Å²) in [6, 6.07) is 25.8. The van der Waals surface area contributed by atoms with E-state index in [0.29, 0.717) is 0 Å². The van der Waals surface area contributed by atoms with Gasteiger partial charge in [-0.25, -0.2) is 0 Å². The van der Waals surface area contributed by atoms with Crippen LogP contribution in [0.1, 0.15) is 55.4 Å². The van der Waals surface area contributed by atoms with E-state index >= 15 is 0 Å². The van der Waals surface area contributed by atoms with E-state index in [1.54, 1.807) is 14.2 Å². The van der Waals surface area contributed by atoms with Crippen LogP contribution in [0.25, 0.3) is 22.3 Å². The fraction of sp³-hybridized carbons (Fsp3) is 0.368. The molecule has 232 valence electrons. The van der Waals surface area contributed by atoms with Gasteiger partial charge in [0.2, 0.25) is 0 Å². The first-order valence-electron chi connectivity index (χ1n) is 15.6. The van der Waals surface area contributed by atoms with Gasteiger partial charge in [0.25, 0.3) is 0 Å². The summed E-state index contributed by atoms with van der Waals surface area (Å²) >= 11 is 0. The Labute approximate surface area is 263 Å². The van der Waals surface area contributed by atoms with Crippen LogP contribution in [-0.4, -0.2) is 38.5 Å². The van der Waals surface area contributed by atoms with Gasteiger partial charge in [0.15, 0.2) is 0 Å². The fourth-order valence-electron chi connectivity index (χ4n) is 6.16. The summed E-state index contributed by atoms with van der Waals surface area (Å²) in [7, 11) is 3.43. The molecule has 0 amide bonds. The van der Waals surface area contributed by atoms with Crippen LogP contribution in [0.3, 0.4) is 0 Å². The predicted octanol–water partition coefficient (Wildman–Crippen LogP) is 10.0. The van der Waals surface area contributed by atoms with Crippen molar-refractivity contribution in [3.8, 4) is 45.3 Å². The Balaban J connectivity index is 1.71. The SMILES string of the molecule is COc1cccc(OC(C)C)c1-c1ccc2c(c1)N(C(C)C)c1ccc(-c3c(OC)cccc3OC(C)C)cc1N2C(C)C. The van der Waals surface area contributed by atoms with E-state index in [1.807, 2.05) is 64.1 Å². The summed E-state index contributed by atoms with van der Waals surface area (Å²) in [5, 5.41) is 0. The molecule has 1 aliphatic rings. The van der Waals surface area contributed by atoms with Gasteiger partial charge >= 0.3 is 0 Å². The number of hydrogen-bond acceptors (Lipinski definition) is 6. The van der Waals surface area contributed by atoms with Crippen molar-refractivity contribution < 1.29 is 18.9 Å². The summed E-state index contributed by atoms with van der Waals surface area (Å²) in [6.45, 7) is 17.1. The molecule has 0 aromatic heterocycles. The Morgan fingerprint density at radius 1 is 0.455 bits per heavy atom. The van der Waals surface area contributed by atoms with Crippen molar-refractivity contribution >= 4 is 22.7 Å². The number of methoxy groups -OCH3 is 2. The van der Waals surface area contributed by atoms with Gasteiger partial charge in [-0.1, -0.05) is 24.3 Å². The molecule has 0 spiro atoms. The smallest absolute Gasteiger partial charge is 0.131 e. The lowest BCUT2D eigenvalue weighted by atomic mass is 9.95. The summed E-state index contributed by atoms with van der Waals surface area (Å²) in [5.41, 5.74) is 8.63. The molecule has 4 aromatic carbocycles. The first kappa shape index (κ1) is 31.1. The van der Waals surface area contributed by atoms with Crippen LogP contribution in [0.15, 0.2) is 72.8 Å². The molecule has 4 aromatic rings. The maximum atomic E-state index is 6.26. The van der Waals surface area contributed by atoms with Crippen molar-refractivity contribution in [2.24, 2.45) is 0 Å². The third kappa shape index (κ3) is 5.78. The molecule has 0 bridgehead atoms. The summed E-state index contributed by atoms with van der Waals surface area (Å²) in [6.07, 6.45) is 0.0793. The molecule has 1 heterocycles. The average molecular weight is 595 g/mol. The number of ether oxygens (including phenoxy) is 4. The molecule has 5 rings (SSSR count). The molecular weight excluding hydrogens is 548 g/mol.